The van der Waals surface area contributed by atoms with Gasteiger partial charge in [0.1, 0.15) is 0 Å². The first-order valence-electron chi connectivity index (χ1n) is 7.18. The highest BCUT2D eigenvalue weighted by Gasteiger charge is 2.31. The molecule has 0 aromatic carbocycles. The smallest absolute Gasteiger partial charge is 0.222 e. The zero-order chi connectivity index (χ0) is 13.1. The van der Waals surface area contributed by atoms with Gasteiger partial charge in [-0.15, -0.1) is 36.2 Å². The first-order valence-corrected chi connectivity index (χ1v) is 8.13. The zero-order valence-electron chi connectivity index (χ0n) is 12.0. The van der Waals surface area contributed by atoms with Crippen LogP contribution in [0.3, 0.4) is 0 Å². The lowest BCUT2D eigenvalue weighted by Gasteiger charge is -2.20. The number of fused-ring (bicyclic) bond motifs is 1. The van der Waals surface area contributed by atoms with E-state index in [0.29, 0.717) is 12.3 Å². The third kappa shape index (κ3) is 4.81. The Morgan fingerprint density at radius 1 is 1.29 bits per heavy atom. The molecule has 1 amide bonds. The molecule has 2 aliphatic heterocycles. The van der Waals surface area contributed by atoms with Crippen molar-refractivity contribution in [3.63, 3.8) is 0 Å². The molecule has 0 spiro atoms. The molecular formula is C14H23Cl2N3OS. The summed E-state index contributed by atoms with van der Waals surface area (Å²) in [5.41, 5.74) is 2.88. The van der Waals surface area contributed by atoms with Crippen molar-refractivity contribution in [3.8, 4) is 0 Å². The van der Waals surface area contributed by atoms with Gasteiger partial charge in [-0.3, -0.25) is 4.79 Å². The van der Waals surface area contributed by atoms with Crippen molar-refractivity contribution in [2.24, 2.45) is 11.8 Å². The highest BCUT2D eigenvalue weighted by molar-refractivity contribution is 7.07. The van der Waals surface area contributed by atoms with Gasteiger partial charge >= 0.3 is 0 Å². The van der Waals surface area contributed by atoms with E-state index in [1.165, 1.54) is 12.8 Å². The molecule has 1 N–H and O–H groups in total. The second-order valence-electron chi connectivity index (χ2n) is 5.62. The summed E-state index contributed by atoms with van der Waals surface area (Å²) < 4.78 is 0. The second-order valence-corrected chi connectivity index (χ2v) is 6.34. The number of hydrogen-bond donors (Lipinski definition) is 1. The van der Waals surface area contributed by atoms with Gasteiger partial charge in [0.2, 0.25) is 5.91 Å². The Kier molecular flexibility index (Phi) is 7.95. The summed E-state index contributed by atoms with van der Waals surface area (Å²) in [7, 11) is 0. The minimum Gasteiger partial charge on any atom is -0.343 e. The fraction of sp³-hybridized carbons (Fsp3) is 0.714. The molecule has 1 aromatic heterocycles. The van der Waals surface area contributed by atoms with Crippen LogP contribution in [0.4, 0.5) is 0 Å². The predicted molar refractivity (Wildman–Crippen MR) is 90.6 cm³/mol. The van der Waals surface area contributed by atoms with Crippen LogP contribution in [-0.2, 0) is 11.2 Å². The van der Waals surface area contributed by atoms with Crippen molar-refractivity contribution in [1.82, 2.24) is 15.2 Å². The summed E-state index contributed by atoms with van der Waals surface area (Å²) in [6.45, 7) is 4.18. The molecule has 0 unspecified atom stereocenters. The molecule has 0 aliphatic carbocycles. The normalized spacial score (nSPS) is 24.5. The monoisotopic (exact) mass is 351 g/mol. The quantitative estimate of drug-likeness (QED) is 0.909. The minimum atomic E-state index is 0. The van der Waals surface area contributed by atoms with Gasteiger partial charge in [-0.1, -0.05) is 0 Å². The number of amides is 1. The topological polar surface area (TPSA) is 45.2 Å². The summed E-state index contributed by atoms with van der Waals surface area (Å²) in [6.07, 6.45) is 3.73. The van der Waals surface area contributed by atoms with Gasteiger partial charge in [0.15, 0.2) is 0 Å². The van der Waals surface area contributed by atoms with Crippen LogP contribution in [0, 0.1) is 11.8 Å². The summed E-state index contributed by atoms with van der Waals surface area (Å²) in [5, 5.41) is 5.50. The third-order valence-corrected chi connectivity index (χ3v) is 5.09. The Balaban J connectivity index is 0.00000110. The molecule has 0 radical (unpaired) electrons. The van der Waals surface area contributed by atoms with Crippen molar-refractivity contribution in [2.75, 3.05) is 26.2 Å². The van der Waals surface area contributed by atoms with E-state index in [4.69, 9.17) is 0 Å². The molecule has 3 rings (SSSR count). The van der Waals surface area contributed by atoms with E-state index in [-0.39, 0.29) is 24.8 Å². The van der Waals surface area contributed by atoms with Crippen molar-refractivity contribution in [1.29, 1.82) is 0 Å². The van der Waals surface area contributed by atoms with E-state index in [9.17, 15) is 4.79 Å². The van der Waals surface area contributed by atoms with Gasteiger partial charge in [-0.25, -0.2) is 4.98 Å². The Morgan fingerprint density at radius 2 is 1.95 bits per heavy atom. The molecule has 7 heteroatoms. The number of hydrogen-bond acceptors (Lipinski definition) is 4. The number of aromatic nitrogens is 1. The van der Waals surface area contributed by atoms with Crippen LogP contribution in [0.1, 0.15) is 25.0 Å². The zero-order valence-corrected chi connectivity index (χ0v) is 14.4. The largest absolute Gasteiger partial charge is 0.343 e. The van der Waals surface area contributed by atoms with E-state index in [1.807, 2.05) is 10.9 Å². The lowest BCUT2D eigenvalue weighted by molar-refractivity contribution is -0.131. The van der Waals surface area contributed by atoms with E-state index in [2.05, 4.69) is 15.2 Å². The maximum absolute atomic E-state index is 12.3. The lowest BCUT2D eigenvalue weighted by atomic mass is 9.92. The molecule has 2 atom stereocenters. The average Bonchev–Trinajstić information content (AvgIpc) is 3.05. The fourth-order valence-corrected chi connectivity index (χ4v) is 3.81. The Morgan fingerprint density at radius 3 is 2.52 bits per heavy atom. The van der Waals surface area contributed by atoms with Gasteiger partial charge < -0.3 is 10.2 Å². The molecule has 21 heavy (non-hydrogen) atoms. The van der Waals surface area contributed by atoms with Gasteiger partial charge in [0, 0.05) is 24.9 Å². The molecule has 4 nitrogen and oxygen atoms in total. The van der Waals surface area contributed by atoms with Gasteiger partial charge in [-0.05, 0) is 44.2 Å². The summed E-state index contributed by atoms with van der Waals surface area (Å²) in [6, 6.07) is 0. The van der Waals surface area contributed by atoms with Crippen molar-refractivity contribution >= 4 is 42.1 Å². The summed E-state index contributed by atoms with van der Waals surface area (Å²) >= 11 is 1.60. The average molecular weight is 352 g/mol. The van der Waals surface area contributed by atoms with Gasteiger partial charge in [0.05, 0.1) is 11.2 Å². The summed E-state index contributed by atoms with van der Waals surface area (Å²) in [4.78, 5) is 18.6. The predicted octanol–water partition coefficient (Wildman–Crippen LogP) is 2.38. The van der Waals surface area contributed by atoms with Crippen LogP contribution in [0.2, 0.25) is 0 Å². The van der Waals surface area contributed by atoms with Crippen molar-refractivity contribution in [3.05, 3.63) is 16.6 Å². The number of nitrogens with zero attached hydrogens (tertiary/aromatic N) is 2. The van der Waals surface area contributed by atoms with E-state index < -0.39 is 0 Å². The van der Waals surface area contributed by atoms with Crippen LogP contribution in [-0.4, -0.2) is 42.0 Å². The maximum atomic E-state index is 12.3. The minimum absolute atomic E-state index is 0. The number of likely N-dealkylation sites (tertiary alicyclic amines) is 1. The lowest BCUT2D eigenvalue weighted by Crippen LogP contribution is -2.32. The van der Waals surface area contributed by atoms with E-state index >= 15 is 0 Å². The van der Waals surface area contributed by atoms with Crippen LogP contribution >= 0.6 is 36.2 Å². The third-order valence-electron chi connectivity index (χ3n) is 4.45. The molecule has 3 heterocycles. The first kappa shape index (κ1) is 18.7. The van der Waals surface area contributed by atoms with Crippen LogP contribution < -0.4 is 5.32 Å². The second kappa shape index (κ2) is 8.93. The molecule has 0 saturated carbocycles. The molecule has 2 fully saturated rings. The highest BCUT2D eigenvalue weighted by atomic mass is 35.5. The maximum Gasteiger partial charge on any atom is 0.222 e. The Bertz CT molecular complexity index is 416. The SMILES string of the molecule is Cl.Cl.O=C(CCc1cscn1)N1CC[C@@H]2CNC[C@@H]2CC1. The highest BCUT2D eigenvalue weighted by Crippen LogP contribution is 2.27. The molecule has 120 valence electrons. The van der Waals surface area contributed by atoms with Crippen LogP contribution in [0.15, 0.2) is 10.9 Å². The van der Waals surface area contributed by atoms with E-state index in [0.717, 1.165) is 50.1 Å². The molecular weight excluding hydrogens is 329 g/mol. The molecule has 1 aromatic rings. The summed E-state index contributed by atoms with van der Waals surface area (Å²) in [5.74, 6) is 1.88. The number of halogens is 2. The number of carbonyl (C=O) groups is 1. The number of aryl methyl sites for hydroxylation is 1. The molecule has 0 bridgehead atoms. The van der Waals surface area contributed by atoms with Crippen molar-refractivity contribution in [2.45, 2.75) is 25.7 Å². The number of thiazole rings is 1. The van der Waals surface area contributed by atoms with Crippen LogP contribution in [0.25, 0.3) is 0 Å². The fourth-order valence-electron chi connectivity index (χ4n) is 3.22. The number of carbonyl (C=O) groups excluding carboxylic acids is 1. The number of rotatable bonds is 3. The van der Waals surface area contributed by atoms with Crippen LogP contribution in [0.5, 0.6) is 0 Å². The van der Waals surface area contributed by atoms with E-state index in [1.54, 1.807) is 11.3 Å². The number of nitrogens with one attached hydrogen (secondary N) is 1. The standard InChI is InChI=1S/C14H21N3OS.2ClH/c18-14(2-1-13-9-19-10-16-13)17-5-3-11-7-15-8-12(11)4-6-17;;/h9-12,15H,1-8H2;2*1H/t11-,12+;;. The van der Waals surface area contributed by atoms with Crippen molar-refractivity contribution < 1.29 is 4.79 Å². The molecule has 2 saturated heterocycles. The molecule has 2 aliphatic rings. The van der Waals surface area contributed by atoms with Gasteiger partial charge in [0.25, 0.3) is 0 Å². The Labute approximate surface area is 142 Å². The van der Waals surface area contributed by atoms with Gasteiger partial charge in [-0.2, -0.15) is 0 Å². The first-order chi connectivity index (χ1) is 9.33. The Hall–Kier alpha value is -0.360.